The first-order valence-corrected chi connectivity index (χ1v) is 6.46. The summed E-state index contributed by atoms with van der Waals surface area (Å²) >= 11 is 0. The van der Waals surface area contributed by atoms with Gasteiger partial charge in [-0.1, -0.05) is 13.8 Å². The molecule has 0 aliphatic rings. The van der Waals surface area contributed by atoms with E-state index in [4.69, 9.17) is 4.74 Å². The van der Waals surface area contributed by atoms with Gasteiger partial charge in [-0.2, -0.15) is 0 Å². The standard InChI is InChI=1S/C14H21FN2O2/c1-4-17(5-2)9-8-16-14(18)12-7-6-11(19-3)10-13(12)15/h6-7,10H,4-5,8-9H2,1-3H3,(H,16,18). The van der Waals surface area contributed by atoms with Gasteiger partial charge in [-0.15, -0.1) is 0 Å². The number of amides is 1. The molecule has 0 unspecified atom stereocenters. The van der Waals surface area contributed by atoms with Crippen LogP contribution in [0.25, 0.3) is 0 Å². The zero-order valence-corrected chi connectivity index (χ0v) is 11.7. The molecule has 1 N–H and O–H groups in total. The number of carbonyl (C=O) groups excluding carboxylic acids is 1. The van der Waals surface area contributed by atoms with Crippen molar-refractivity contribution in [3.63, 3.8) is 0 Å². The fraction of sp³-hybridized carbons (Fsp3) is 0.500. The molecule has 0 aromatic heterocycles. The fourth-order valence-corrected chi connectivity index (χ4v) is 1.77. The Labute approximate surface area is 113 Å². The molecule has 0 spiro atoms. The van der Waals surface area contributed by atoms with Gasteiger partial charge in [0.05, 0.1) is 12.7 Å². The number of nitrogens with zero attached hydrogens (tertiary/aromatic N) is 1. The highest BCUT2D eigenvalue weighted by Gasteiger charge is 2.12. The highest BCUT2D eigenvalue weighted by molar-refractivity contribution is 5.94. The third-order valence-electron chi connectivity index (χ3n) is 3.03. The summed E-state index contributed by atoms with van der Waals surface area (Å²) in [6.45, 7) is 7.26. The lowest BCUT2D eigenvalue weighted by Gasteiger charge is -2.18. The maximum Gasteiger partial charge on any atom is 0.254 e. The Bertz CT molecular complexity index is 420. The van der Waals surface area contributed by atoms with E-state index < -0.39 is 11.7 Å². The van der Waals surface area contributed by atoms with Crippen LogP contribution in [0.15, 0.2) is 18.2 Å². The molecule has 0 radical (unpaired) electrons. The molecule has 0 fully saturated rings. The van der Waals surface area contributed by atoms with Crippen LogP contribution in [0.5, 0.6) is 5.75 Å². The molecule has 1 aromatic rings. The summed E-state index contributed by atoms with van der Waals surface area (Å²) in [6, 6.07) is 4.21. The Hall–Kier alpha value is -1.62. The fourth-order valence-electron chi connectivity index (χ4n) is 1.77. The second kappa shape index (κ2) is 7.74. The number of rotatable bonds is 7. The van der Waals surface area contributed by atoms with E-state index in [1.54, 1.807) is 6.07 Å². The Morgan fingerprint density at radius 2 is 2.05 bits per heavy atom. The SMILES string of the molecule is CCN(CC)CCNC(=O)c1ccc(OC)cc1F. The number of halogens is 1. The third kappa shape index (κ3) is 4.52. The topological polar surface area (TPSA) is 41.6 Å². The van der Waals surface area contributed by atoms with Crippen LogP contribution in [0, 0.1) is 5.82 Å². The van der Waals surface area contributed by atoms with Crippen LogP contribution in [0.3, 0.4) is 0 Å². The van der Waals surface area contributed by atoms with E-state index in [0.717, 1.165) is 19.6 Å². The van der Waals surface area contributed by atoms with E-state index in [2.05, 4.69) is 24.1 Å². The van der Waals surface area contributed by atoms with Gasteiger partial charge in [-0.3, -0.25) is 4.79 Å². The average Bonchev–Trinajstić information content (AvgIpc) is 2.43. The Morgan fingerprint density at radius 3 is 2.58 bits per heavy atom. The van der Waals surface area contributed by atoms with Gasteiger partial charge in [0.25, 0.3) is 5.91 Å². The summed E-state index contributed by atoms with van der Waals surface area (Å²) in [7, 11) is 1.46. The van der Waals surface area contributed by atoms with Crippen molar-refractivity contribution in [2.45, 2.75) is 13.8 Å². The molecule has 0 heterocycles. The van der Waals surface area contributed by atoms with Gasteiger partial charge < -0.3 is 15.0 Å². The molecule has 0 aliphatic heterocycles. The zero-order valence-electron chi connectivity index (χ0n) is 11.7. The van der Waals surface area contributed by atoms with Crippen molar-refractivity contribution in [3.05, 3.63) is 29.6 Å². The largest absolute Gasteiger partial charge is 0.497 e. The monoisotopic (exact) mass is 268 g/mol. The Kier molecular flexibility index (Phi) is 6.29. The van der Waals surface area contributed by atoms with Gasteiger partial charge in [0, 0.05) is 19.2 Å². The van der Waals surface area contributed by atoms with Crippen LogP contribution in [-0.2, 0) is 0 Å². The quantitative estimate of drug-likeness (QED) is 0.821. The van der Waals surface area contributed by atoms with Crippen molar-refractivity contribution in [1.82, 2.24) is 10.2 Å². The summed E-state index contributed by atoms with van der Waals surface area (Å²) in [6.07, 6.45) is 0. The van der Waals surface area contributed by atoms with Gasteiger partial charge in [0.15, 0.2) is 0 Å². The molecular formula is C14H21FN2O2. The van der Waals surface area contributed by atoms with Crippen LogP contribution in [0.1, 0.15) is 24.2 Å². The van der Waals surface area contributed by atoms with Crippen LogP contribution < -0.4 is 10.1 Å². The van der Waals surface area contributed by atoms with Crippen LogP contribution in [-0.4, -0.2) is 44.1 Å². The lowest BCUT2D eigenvalue weighted by Crippen LogP contribution is -2.35. The van der Waals surface area contributed by atoms with Crippen molar-refractivity contribution in [3.8, 4) is 5.75 Å². The first-order chi connectivity index (χ1) is 9.12. The van der Waals surface area contributed by atoms with E-state index in [1.807, 2.05) is 0 Å². The number of likely N-dealkylation sites (N-methyl/N-ethyl adjacent to an activating group) is 1. The molecular weight excluding hydrogens is 247 g/mol. The molecule has 19 heavy (non-hydrogen) atoms. The van der Waals surface area contributed by atoms with Crippen molar-refractivity contribution < 1.29 is 13.9 Å². The average molecular weight is 268 g/mol. The molecule has 1 aromatic carbocycles. The molecule has 0 aliphatic carbocycles. The number of benzene rings is 1. The molecule has 5 heteroatoms. The van der Waals surface area contributed by atoms with Gasteiger partial charge in [-0.25, -0.2) is 4.39 Å². The van der Waals surface area contributed by atoms with Crippen LogP contribution in [0.2, 0.25) is 0 Å². The highest BCUT2D eigenvalue weighted by atomic mass is 19.1. The molecule has 1 amide bonds. The lowest BCUT2D eigenvalue weighted by molar-refractivity contribution is 0.0945. The number of nitrogens with one attached hydrogen (secondary N) is 1. The third-order valence-corrected chi connectivity index (χ3v) is 3.03. The summed E-state index contributed by atoms with van der Waals surface area (Å²) in [5, 5.41) is 2.71. The number of carbonyl (C=O) groups is 1. The number of methoxy groups -OCH3 is 1. The van der Waals surface area contributed by atoms with E-state index in [-0.39, 0.29) is 5.56 Å². The summed E-state index contributed by atoms with van der Waals surface area (Å²) in [5.74, 6) is -0.566. The smallest absolute Gasteiger partial charge is 0.254 e. The second-order valence-electron chi connectivity index (χ2n) is 4.13. The van der Waals surface area contributed by atoms with Gasteiger partial charge in [-0.05, 0) is 25.2 Å². The van der Waals surface area contributed by atoms with Gasteiger partial charge in [0.2, 0.25) is 0 Å². The first kappa shape index (κ1) is 15.4. The lowest BCUT2D eigenvalue weighted by atomic mass is 10.2. The summed E-state index contributed by atoms with van der Waals surface area (Å²) < 4.78 is 18.5. The number of ether oxygens (including phenoxy) is 1. The minimum absolute atomic E-state index is 0.0420. The molecule has 1 rings (SSSR count). The molecule has 0 saturated heterocycles. The second-order valence-corrected chi connectivity index (χ2v) is 4.13. The maximum atomic E-state index is 13.7. The minimum atomic E-state index is -0.570. The van der Waals surface area contributed by atoms with Gasteiger partial charge >= 0.3 is 0 Å². The van der Waals surface area contributed by atoms with Crippen molar-refractivity contribution in [1.29, 1.82) is 0 Å². The zero-order chi connectivity index (χ0) is 14.3. The Balaban J connectivity index is 2.54. The molecule has 0 atom stereocenters. The van der Waals surface area contributed by atoms with E-state index >= 15 is 0 Å². The first-order valence-electron chi connectivity index (χ1n) is 6.46. The molecule has 0 saturated carbocycles. The summed E-state index contributed by atoms with van der Waals surface area (Å²) in [5.41, 5.74) is 0.0420. The number of hydrogen-bond acceptors (Lipinski definition) is 3. The normalized spacial score (nSPS) is 10.6. The van der Waals surface area contributed by atoms with Crippen LogP contribution in [0.4, 0.5) is 4.39 Å². The predicted octanol–water partition coefficient (Wildman–Crippen LogP) is 1.91. The van der Waals surface area contributed by atoms with Crippen molar-refractivity contribution >= 4 is 5.91 Å². The van der Waals surface area contributed by atoms with Crippen molar-refractivity contribution in [2.75, 3.05) is 33.3 Å². The van der Waals surface area contributed by atoms with Crippen molar-refractivity contribution in [2.24, 2.45) is 0 Å². The van der Waals surface area contributed by atoms with E-state index in [9.17, 15) is 9.18 Å². The Morgan fingerprint density at radius 1 is 1.37 bits per heavy atom. The van der Waals surface area contributed by atoms with Gasteiger partial charge in [0.1, 0.15) is 11.6 Å². The van der Waals surface area contributed by atoms with Crippen LogP contribution >= 0.6 is 0 Å². The summed E-state index contributed by atoms with van der Waals surface area (Å²) in [4.78, 5) is 14.0. The molecule has 0 bridgehead atoms. The highest BCUT2D eigenvalue weighted by Crippen LogP contribution is 2.15. The predicted molar refractivity (Wildman–Crippen MR) is 73.1 cm³/mol. The number of hydrogen-bond donors (Lipinski definition) is 1. The maximum absolute atomic E-state index is 13.7. The van der Waals surface area contributed by atoms with E-state index in [1.165, 1.54) is 19.2 Å². The van der Waals surface area contributed by atoms with E-state index in [0.29, 0.717) is 12.3 Å². The minimum Gasteiger partial charge on any atom is -0.497 e. The molecule has 4 nitrogen and oxygen atoms in total. The molecule has 106 valence electrons.